The zero-order valence-electron chi connectivity index (χ0n) is 13.9. The molecule has 0 aliphatic heterocycles. The second kappa shape index (κ2) is 7.02. The summed E-state index contributed by atoms with van der Waals surface area (Å²) < 4.78 is 0. The molecule has 4 nitrogen and oxygen atoms in total. The minimum absolute atomic E-state index is 0.129. The third-order valence-electron chi connectivity index (χ3n) is 4.31. The lowest BCUT2D eigenvalue weighted by molar-refractivity contribution is 0.0952. The van der Waals surface area contributed by atoms with Crippen LogP contribution in [0.25, 0.3) is 22.2 Å². The molecule has 0 unspecified atom stereocenters. The van der Waals surface area contributed by atoms with Gasteiger partial charge in [0.15, 0.2) is 0 Å². The summed E-state index contributed by atoms with van der Waals surface area (Å²) in [6.07, 6.45) is 3.39. The van der Waals surface area contributed by atoms with Crippen molar-refractivity contribution in [1.82, 2.24) is 15.3 Å². The van der Waals surface area contributed by atoms with E-state index in [2.05, 4.69) is 15.3 Å². The van der Waals surface area contributed by atoms with Gasteiger partial charge in [-0.05, 0) is 41.0 Å². The summed E-state index contributed by atoms with van der Waals surface area (Å²) in [4.78, 5) is 19.9. The summed E-state index contributed by atoms with van der Waals surface area (Å²) in [5, 5.41) is 4.52. The molecule has 0 bridgehead atoms. The van der Waals surface area contributed by atoms with Crippen molar-refractivity contribution in [1.29, 1.82) is 0 Å². The van der Waals surface area contributed by atoms with E-state index < -0.39 is 0 Å². The fraction of sp³-hybridized carbons (Fsp3) is 0.0476. The van der Waals surface area contributed by atoms with Crippen LogP contribution < -0.4 is 5.32 Å². The second-order valence-corrected chi connectivity index (χ2v) is 6.39. The number of carbonyl (C=O) groups is 1. The number of nitrogens with one attached hydrogen (secondary N) is 2. The van der Waals surface area contributed by atoms with Gasteiger partial charge in [-0.25, -0.2) is 4.98 Å². The van der Waals surface area contributed by atoms with E-state index in [1.54, 1.807) is 12.4 Å². The van der Waals surface area contributed by atoms with Gasteiger partial charge in [-0.2, -0.15) is 0 Å². The Kier molecular flexibility index (Phi) is 4.42. The SMILES string of the molecule is O=C(NCc1ccccc1-c1ccc(Cl)cc1)c1c[nH]c2ncccc12. The minimum atomic E-state index is -0.129. The highest BCUT2D eigenvalue weighted by Gasteiger charge is 2.13. The highest BCUT2D eigenvalue weighted by atomic mass is 35.5. The van der Waals surface area contributed by atoms with Gasteiger partial charge in [0.05, 0.1) is 5.56 Å². The van der Waals surface area contributed by atoms with Gasteiger partial charge in [0.1, 0.15) is 5.65 Å². The monoisotopic (exact) mass is 361 g/mol. The number of amides is 1. The van der Waals surface area contributed by atoms with Crippen LogP contribution in [0.15, 0.2) is 73.1 Å². The first-order chi connectivity index (χ1) is 12.7. The molecular formula is C21H16ClN3O. The molecule has 2 aromatic carbocycles. The van der Waals surface area contributed by atoms with Crippen LogP contribution in [0.2, 0.25) is 5.02 Å². The smallest absolute Gasteiger partial charge is 0.253 e. The summed E-state index contributed by atoms with van der Waals surface area (Å²) in [7, 11) is 0. The Bertz CT molecular complexity index is 1070. The van der Waals surface area contributed by atoms with Crippen molar-refractivity contribution in [2.75, 3.05) is 0 Å². The van der Waals surface area contributed by atoms with Crippen molar-refractivity contribution in [2.24, 2.45) is 0 Å². The van der Waals surface area contributed by atoms with E-state index >= 15 is 0 Å². The third kappa shape index (κ3) is 3.19. The maximum absolute atomic E-state index is 12.6. The maximum atomic E-state index is 12.6. The van der Waals surface area contributed by atoms with Crippen molar-refractivity contribution in [3.63, 3.8) is 0 Å². The van der Waals surface area contributed by atoms with Gasteiger partial charge < -0.3 is 10.3 Å². The summed E-state index contributed by atoms with van der Waals surface area (Å²) in [5.41, 5.74) is 4.48. The van der Waals surface area contributed by atoms with Crippen molar-refractivity contribution < 1.29 is 4.79 Å². The molecule has 0 aliphatic carbocycles. The maximum Gasteiger partial charge on any atom is 0.253 e. The number of fused-ring (bicyclic) bond motifs is 1. The lowest BCUT2D eigenvalue weighted by Crippen LogP contribution is -2.22. The molecule has 5 heteroatoms. The van der Waals surface area contributed by atoms with E-state index in [1.807, 2.05) is 60.7 Å². The Morgan fingerprint density at radius 3 is 2.69 bits per heavy atom. The van der Waals surface area contributed by atoms with Crippen LogP contribution in [0.4, 0.5) is 0 Å². The minimum Gasteiger partial charge on any atom is -0.348 e. The molecule has 0 aliphatic rings. The number of H-pyrrole nitrogens is 1. The molecule has 0 fully saturated rings. The molecule has 0 saturated carbocycles. The fourth-order valence-electron chi connectivity index (χ4n) is 3.00. The van der Waals surface area contributed by atoms with Crippen LogP contribution in [0.5, 0.6) is 0 Å². The Morgan fingerprint density at radius 2 is 1.85 bits per heavy atom. The number of rotatable bonds is 4. The zero-order valence-corrected chi connectivity index (χ0v) is 14.6. The van der Waals surface area contributed by atoms with E-state index in [0.717, 1.165) is 22.1 Å². The Balaban J connectivity index is 1.57. The molecule has 2 heterocycles. The van der Waals surface area contributed by atoms with E-state index in [-0.39, 0.29) is 5.91 Å². The molecule has 1 amide bonds. The molecule has 2 N–H and O–H groups in total. The van der Waals surface area contributed by atoms with E-state index in [4.69, 9.17) is 11.6 Å². The first kappa shape index (κ1) is 16.4. The summed E-state index contributed by atoms with van der Waals surface area (Å²) in [6.45, 7) is 0.435. The lowest BCUT2D eigenvalue weighted by Gasteiger charge is -2.11. The van der Waals surface area contributed by atoms with Gasteiger partial charge in [-0.3, -0.25) is 4.79 Å². The van der Waals surface area contributed by atoms with Crippen molar-refractivity contribution >= 4 is 28.5 Å². The van der Waals surface area contributed by atoms with E-state index in [0.29, 0.717) is 22.8 Å². The summed E-state index contributed by atoms with van der Waals surface area (Å²) in [6, 6.07) is 19.4. The summed E-state index contributed by atoms with van der Waals surface area (Å²) >= 11 is 5.98. The Hall–Kier alpha value is -3.11. The third-order valence-corrected chi connectivity index (χ3v) is 4.56. The first-order valence-electron chi connectivity index (χ1n) is 8.26. The van der Waals surface area contributed by atoms with Crippen LogP contribution >= 0.6 is 11.6 Å². The lowest BCUT2D eigenvalue weighted by atomic mass is 9.99. The summed E-state index contributed by atoms with van der Waals surface area (Å²) in [5.74, 6) is -0.129. The number of hydrogen-bond acceptors (Lipinski definition) is 2. The average molecular weight is 362 g/mol. The van der Waals surface area contributed by atoms with E-state index in [1.165, 1.54) is 0 Å². The zero-order chi connectivity index (χ0) is 17.9. The van der Waals surface area contributed by atoms with Gasteiger partial charge in [0, 0.05) is 29.3 Å². The van der Waals surface area contributed by atoms with Crippen LogP contribution in [0.3, 0.4) is 0 Å². The number of halogens is 1. The van der Waals surface area contributed by atoms with Crippen LogP contribution in [0, 0.1) is 0 Å². The number of nitrogens with zero attached hydrogens (tertiary/aromatic N) is 1. The molecule has 26 heavy (non-hydrogen) atoms. The van der Waals surface area contributed by atoms with Gasteiger partial charge >= 0.3 is 0 Å². The predicted octanol–water partition coefficient (Wildman–Crippen LogP) is 4.81. The van der Waals surface area contributed by atoms with Gasteiger partial charge in [0.25, 0.3) is 5.91 Å². The largest absolute Gasteiger partial charge is 0.348 e. The van der Waals surface area contributed by atoms with Gasteiger partial charge in [-0.15, -0.1) is 0 Å². The standard InChI is InChI=1S/C21H16ClN3O/c22-16-9-7-14(8-10-16)17-5-2-1-4-15(17)12-25-21(26)19-13-24-20-18(19)6-3-11-23-20/h1-11,13H,12H2,(H,23,24)(H,25,26). The topological polar surface area (TPSA) is 57.8 Å². The van der Waals surface area contributed by atoms with Crippen LogP contribution in [-0.4, -0.2) is 15.9 Å². The Morgan fingerprint density at radius 1 is 1.04 bits per heavy atom. The number of carbonyl (C=O) groups excluding carboxylic acids is 1. The molecule has 4 aromatic rings. The quantitative estimate of drug-likeness (QED) is 0.547. The first-order valence-corrected chi connectivity index (χ1v) is 8.64. The van der Waals surface area contributed by atoms with Crippen LogP contribution in [0.1, 0.15) is 15.9 Å². The van der Waals surface area contributed by atoms with Crippen molar-refractivity contribution in [2.45, 2.75) is 6.54 Å². The molecule has 2 aromatic heterocycles. The number of benzene rings is 2. The number of pyridine rings is 1. The molecule has 0 saturated heterocycles. The normalized spacial score (nSPS) is 10.8. The van der Waals surface area contributed by atoms with Gasteiger partial charge in [0.2, 0.25) is 0 Å². The predicted molar refractivity (Wildman–Crippen MR) is 104 cm³/mol. The molecule has 0 radical (unpaired) electrons. The van der Waals surface area contributed by atoms with Crippen molar-refractivity contribution in [3.8, 4) is 11.1 Å². The number of aromatic amines is 1. The fourth-order valence-corrected chi connectivity index (χ4v) is 3.13. The van der Waals surface area contributed by atoms with E-state index in [9.17, 15) is 4.79 Å². The molecule has 0 spiro atoms. The highest BCUT2D eigenvalue weighted by Crippen LogP contribution is 2.25. The van der Waals surface area contributed by atoms with Crippen molar-refractivity contribution in [3.05, 3.63) is 89.2 Å². The molecular weight excluding hydrogens is 346 g/mol. The Labute approximate surface area is 155 Å². The van der Waals surface area contributed by atoms with Crippen LogP contribution in [-0.2, 0) is 6.54 Å². The number of aromatic nitrogens is 2. The second-order valence-electron chi connectivity index (χ2n) is 5.95. The average Bonchev–Trinajstić information content (AvgIpc) is 3.11. The molecule has 128 valence electrons. The number of hydrogen-bond donors (Lipinski definition) is 2. The molecule has 4 rings (SSSR count). The molecule has 0 atom stereocenters. The highest BCUT2D eigenvalue weighted by molar-refractivity contribution is 6.30. The van der Waals surface area contributed by atoms with Gasteiger partial charge in [-0.1, -0.05) is 48.0 Å².